The van der Waals surface area contributed by atoms with Crippen LogP contribution in [-0.4, -0.2) is 19.9 Å². The lowest BCUT2D eigenvalue weighted by atomic mass is 10.1. The zero-order valence-corrected chi connectivity index (χ0v) is 12.4. The van der Waals surface area contributed by atoms with Crippen LogP contribution in [0.1, 0.15) is 15.9 Å². The molecule has 2 rings (SSSR count). The maximum Gasteiger partial charge on any atom is 0.152 e. The predicted octanol–water partition coefficient (Wildman–Crippen LogP) is 3.94. The molecule has 0 atom stereocenters. The van der Waals surface area contributed by atoms with Gasteiger partial charge in [-0.05, 0) is 30.2 Å². The SMILES string of the molecule is CN(CCc1ccccc1)c1cc(Br)ccc1C=O. The van der Waals surface area contributed by atoms with E-state index < -0.39 is 0 Å². The Hall–Kier alpha value is -1.61. The first-order valence-electron chi connectivity index (χ1n) is 6.20. The molecule has 19 heavy (non-hydrogen) atoms. The van der Waals surface area contributed by atoms with E-state index in [1.54, 1.807) is 0 Å². The van der Waals surface area contributed by atoms with Gasteiger partial charge in [-0.25, -0.2) is 0 Å². The van der Waals surface area contributed by atoms with Crippen LogP contribution in [0.15, 0.2) is 53.0 Å². The van der Waals surface area contributed by atoms with Gasteiger partial charge in [-0.3, -0.25) is 4.79 Å². The van der Waals surface area contributed by atoms with E-state index in [0.29, 0.717) is 0 Å². The molecule has 0 saturated heterocycles. The average molecular weight is 318 g/mol. The van der Waals surface area contributed by atoms with Crippen LogP contribution in [0.3, 0.4) is 0 Å². The molecule has 2 aromatic rings. The molecule has 0 radical (unpaired) electrons. The van der Waals surface area contributed by atoms with Gasteiger partial charge in [-0.1, -0.05) is 46.3 Å². The largest absolute Gasteiger partial charge is 0.374 e. The number of aldehydes is 1. The van der Waals surface area contributed by atoms with E-state index in [4.69, 9.17) is 0 Å². The van der Waals surface area contributed by atoms with Crippen LogP contribution in [0.25, 0.3) is 0 Å². The first-order chi connectivity index (χ1) is 9.20. The third-order valence-corrected chi connectivity index (χ3v) is 3.60. The molecule has 0 saturated carbocycles. The number of likely N-dealkylation sites (N-methyl/N-ethyl adjacent to an activating group) is 1. The van der Waals surface area contributed by atoms with E-state index in [9.17, 15) is 4.79 Å². The van der Waals surface area contributed by atoms with Gasteiger partial charge in [0.05, 0.1) is 0 Å². The number of benzene rings is 2. The highest BCUT2D eigenvalue weighted by Crippen LogP contribution is 2.23. The zero-order valence-electron chi connectivity index (χ0n) is 10.8. The van der Waals surface area contributed by atoms with Crippen molar-refractivity contribution in [3.63, 3.8) is 0 Å². The Bertz CT molecular complexity index is 554. The fraction of sp³-hybridized carbons (Fsp3) is 0.188. The standard InChI is InChI=1S/C16H16BrNO/c1-18(10-9-13-5-3-2-4-6-13)16-11-15(17)8-7-14(16)12-19/h2-8,11-12H,9-10H2,1H3. The minimum absolute atomic E-state index is 0.721. The van der Waals surface area contributed by atoms with E-state index in [0.717, 1.165) is 35.0 Å². The summed E-state index contributed by atoms with van der Waals surface area (Å²) in [6.45, 7) is 0.876. The first kappa shape index (κ1) is 13.8. The monoisotopic (exact) mass is 317 g/mol. The molecule has 0 aliphatic rings. The van der Waals surface area contributed by atoms with Gasteiger partial charge in [0, 0.05) is 29.3 Å². The van der Waals surface area contributed by atoms with E-state index in [2.05, 4.69) is 33.0 Å². The third kappa shape index (κ3) is 3.67. The Morgan fingerprint density at radius 1 is 1.16 bits per heavy atom. The molecule has 2 aromatic carbocycles. The van der Waals surface area contributed by atoms with Gasteiger partial charge >= 0.3 is 0 Å². The van der Waals surface area contributed by atoms with Gasteiger partial charge in [0.15, 0.2) is 6.29 Å². The summed E-state index contributed by atoms with van der Waals surface area (Å²) >= 11 is 3.45. The van der Waals surface area contributed by atoms with Gasteiger partial charge in [-0.2, -0.15) is 0 Å². The van der Waals surface area contributed by atoms with Crippen LogP contribution in [-0.2, 0) is 6.42 Å². The zero-order chi connectivity index (χ0) is 13.7. The van der Waals surface area contributed by atoms with Crippen LogP contribution in [0.2, 0.25) is 0 Å². The van der Waals surface area contributed by atoms with Crippen molar-refractivity contribution < 1.29 is 4.79 Å². The summed E-state index contributed by atoms with van der Waals surface area (Å²) in [6.07, 6.45) is 1.86. The summed E-state index contributed by atoms with van der Waals surface area (Å²) in [5.74, 6) is 0. The molecule has 0 heterocycles. The van der Waals surface area contributed by atoms with Crippen molar-refractivity contribution in [1.82, 2.24) is 0 Å². The van der Waals surface area contributed by atoms with Crippen LogP contribution in [0.5, 0.6) is 0 Å². The molecular formula is C16H16BrNO. The van der Waals surface area contributed by atoms with Gasteiger partial charge < -0.3 is 4.90 Å². The normalized spacial score (nSPS) is 10.2. The predicted molar refractivity (Wildman–Crippen MR) is 82.9 cm³/mol. The van der Waals surface area contributed by atoms with Crippen molar-refractivity contribution in [2.45, 2.75) is 6.42 Å². The minimum atomic E-state index is 0.721. The lowest BCUT2D eigenvalue weighted by Crippen LogP contribution is -2.21. The highest BCUT2D eigenvalue weighted by Gasteiger charge is 2.07. The van der Waals surface area contributed by atoms with Crippen molar-refractivity contribution in [2.24, 2.45) is 0 Å². The Morgan fingerprint density at radius 2 is 1.89 bits per heavy atom. The van der Waals surface area contributed by atoms with Gasteiger partial charge in [-0.15, -0.1) is 0 Å². The molecule has 0 aliphatic carbocycles. The second-order valence-corrected chi connectivity index (χ2v) is 5.39. The highest BCUT2D eigenvalue weighted by atomic mass is 79.9. The maximum atomic E-state index is 11.1. The van der Waals surface area contributed by atoms with E-state index >= 15 is 0 Å². The first-order valence-corrected chi connectivity index (χ1v) is 7.00. The Morgan fingerprint density at radius 3 is 2.58 bits per heavy atom. The lowest BCUT2D eigenvalue weighted by molar-refractivity contribution is 0.112. The van der Waals surface area contributed by atoms with E-state index in [1.807, 2.05) is 43.4 Å². The smallest absolute Gasteiger partial charge is 0.152 e. The molecule has 0 unspecified atom stereocenters. The molecule has 2 nitrogen and oxygen atoms in total. The fourth-order valence-electron chi connectivity index (χ4n) is 2.01. The van der Waals surface area contributed by atoms with Gasteiger partial charge in [0.2, 0.25) is 0 Å². The topological polar surface area (TPSA) is 20.3 Å². The molecule has 0 N–H and O–H groups in total. The highest BCUT2D eigenvalue weighted by molar-refractivity contribution is 9.10. The molecule has 0 fully saturated rings. The second-order valence-electron chi connectivity index (χ2n) is 4.48. The molecule has 0 aliphatic heterocycles. The number of carbonyl (C=O) groups excluding carboxylic acids is 1. The molecule has 98 valence electrons. The number of carbonyl (C=O) groups is 1. The van der Waals surface area contributed by atoms with E-state index in [1.165, 1.54) is 5.56 Å². The maximum absolute atomic E-state index is 11.1. The van der Waals surface area contributed by atoms with Crippen molar-refractivity contribution in [3.8, 4) is 0 Å². The number of halogens is 1. The number of hydrogen-bond donors (Lipinski definition) is 0. The number of rotatable bonds is 5. The molecule has 0 aromatic heterocycles. The number of nitrogens with zero attached hydrogens (tertiary/aromatic N) is 1. The summed E-state index contributed by atoms with van der Waals surface area (Å²) in [5, 5.41) is 0. The lowest BCUT2D eigenvalue weighted by Gasteiger charge is -2.21. The number of anilines is 1. The van der Waals surface area contributed by atoms with Crippen LogP contribution < -0.4 is 4.90 Å². The van der Waals surface area contributed by atoms with Crippen LogP contribution in [0.4, 0.5) is 5.69 Å². The Kier molecular flexibility index (Phi) is 4.74. The van der Waals surface area contributed by atoms with Crippen LogP contribution >= 0.6 is 15.9 Å². The minimum Gasteiger partial charge on any atom is -0.374 e. The summed E-state index contributed by atoms with van der Waals surface area (Å²) in [7, 11) is 2.01. The molecule has 3 heteroatoms. The quantitative estimate of drug-likeness (QED) is 0.778. The molecular weight excluding hydrogens is 302 g/mol. The number of hydrogen-bond acceptors (Lipinski definition) is 2. The Balaban J connectivity index is 2.09. The van der Waals surface area contributed by atoms with Crippen LogP contribution in [0, 0.1) is 0 Å². The molecule has 0 bridgehead atoms. The Labute approximate surface area is 122 Å². The summed E-state index contributed by atoms with van der Waals surface area (Å²) in [6, 6.07) is 16.1. The van der Waals surface area contributed by atoms with Crippen molar-refractivity contribution >= 4 is 27.9 Å². The fourth-order valence-corrected chi connectivity index (χ4v) is 2.36. The summed E-state index contributed by atoms with van der Waals surface area (Å²) < 4.78 is 0.986. The van der Waals surface area contributed by atoms with Crippen molar-refractivity contribution in [1.29, 1.82) is 0 Å². The van der Waals surface area contributed by atoms with Gasteiger partial charge in [0.1, 0.15) is 0 Å². The van der Waals surface area contributed by atoms with Crippen molar-refractivity contribution in [2.75, 3.05) is 18.5 Å². The summed E-state index contributed by atoms with van der Waals surface area (Å²) in [4.78, 5) is 13.2. The second kappa shape index (κ2) is 6.53. The molecule has 0 spiro atoms. The van der Waals surface area contributed by atoms with Gasteiger partial charge in [0.25, 0.3) is 0 Å². The van der Waals surface area contributed by atoms with Crippen molar-refractivity contribution in [3.05, 3.63) is 64.1 Å². The summed E-state index contributed by atoms with van der Waals surface area (Å²) in [5.41, 5.74) is 2.98. The average Bonchev–Trinajstić information content (AvgIpc) is 2.46. The van der Waals surface area contributed by atoms with E-state index in [-0.39, 0.29) is 0 Å². The molecule has 0 amide bonds. The third-order valence-electron chi connectivity index (χ3n) is 3.11.